The van der Waals surface area contributed by atoms with E-state index in [1.165, 1.54) is 11.9 Å². The van der Waals surface area contributed by atoms with E-state index in [-0.39, 0.29) is 18.3 Å². The number of alkyl halides is 3. The van der Waals surface area contributed by atoms with Crippen LogP contribution in [-0.2, 0) is 22.7 Å². The van der Waals surface area contributed by atoms with Gasteiger partial charge in [-0.2, -0.15) is 18.3 Å². The first-order valence-corrected chi connectivity index (χ1v) is 7.34. The number of hydrogen-bond donors (Lipinski definition) is 0. The average molecular weight is 333 g/mol. The van der Waals surface area contributed by atoms with Crippen LogP contribution < -0.4 is 0 Å². The van der Waals surface area contributed by atoms with Crippen molar-refractivity contribution in [2.45, 2.75) is 30.7 Å². The lowest BCUT2D eigenvalue weighted by Crippen LogP contribution is -2.42. The van der Waals surface area contributed by atoms with Gasteiger partial charge in [-0.05, 0) is 12.8 Å². The van der Waals surface area contributed by atoms with Gasteiger partial charge >= 0.3 is 6.18 Å². The van der Waals surface area contributed by atoms with Crippen LogP contribution in [0.2, 0.25) is 0 Å². The summed E-state index contributed by atoms with van der Waals surface area (Å²) in [7, 11) is 2.72. The number of likely N-dealkylation sites (tertiary alicyclic amines) is 1. The fraction of sp³-hybridized carbons (Fsp3) is 0.714. The zero-order valence-electron chi connectivity index (χ0n) is 12.9. The Bertz CT molecular complexity index is 608. The highest BCUT2D eigenvalue weighted by atomic mass is 19.4. The second kappa shape index (κ2) is 5.48. The Labute approximate surface area is 131 Å². The van der Waals surface area contributed by atoms with Crippen LogP contribution in [0, 0.1) is 0 Å². The lowest BCUT2D eigenvalue weighted by atomic mass is 9.96. The van der Waals surface area contributed by atoms with Crippen LogP contribution in [0.3, 0.4) is 0 Å². The molecule has 0 aromatic carbocycles. The monoisotopic (exact) mass is 333 g/mol. The number of carbonyl (C=O) groups is 1. The largest absolute Gasteiger partial charge is 0.433 e. The van der Waals surface area contributed by atoms with Crippen molar-refractivity contribution in [3.8, 4) is 0 Å². The van der Waals surface area contributed by atoms with E-state index in [0.29, 0.717) is 17.8 Å². The van der Waals surface area contributed by atoms with Crippen molar-refractivity contribution in [2.75, 3.05) is 26.8 Å². The highest BCUT2D eigenvalue weighted by Crippen LogP contribution is 2.37. The van der Waals surface area contributed by atoms with Crippen LogP contribution in [-0.4, -0.2) is 59.1 Å². The number of hydrogen-bond acceptors (Lipinski definition) is 4. The van der Waals surface area contributed by atoms with Crippen LogP contribution in [0.5, 0.6) is 0 Å². The van der Waals surface area contributed by atoms with Gasteiger partial charge in [0.25, 0.3) is 5.91 Å². The third kappa shape index (κ3) is 2.72. The molecule has 3 heterocycles. The molecule has 2 aliphatic rings. The number of halogens is 3. The van der Waals surface area contributed by atoms with Crippen LogP contribution in [0.1, 0.15) is 29.0 Å². The van der Waals surface area contributed by atoms with E-state index in [0.717, 1.165) is 18.9 Å². The van der Waals surface area contributed by atoms with E-state index >= 15 is 0 Å². The van der Waals surface area contributed by atoms with E-state index in [9.17, 15) is 18.0 Å². The Balaban J connectivity index is 1.82. The normalized spacial score (nSPS) is 28.0. The van der Waals surface area contributed by atoms with Crippen LogP contribution in [0.25, 0.3) is 0 Å². The molecule has 1 aromatic heterocycles. The molecule has 0 radical (unpaired) electrons. The Morgan fingerprint density at radius 1 is 1.52 bits per heavy atom. The number of amides is 1. The summed E-state index contributed by atoms with van der Waals surface area (Å²) >= 11 is 0. The fourth-order valence-corrected chi connectivity index (χ4v) is 3.40. The number of methoxy groups -OCH3 is 1. The molecule has 9 heteroatoms. The molecule has 0 unspecified atom stereocenters. The summed E-state index contributed by atoms with van der Waals surface area (Å²) in [5, 5.41) is 3.71. The molecular weight excluding hydrogens is 315 g/mol. The number of ether oxygens (including phenoxy) is 2. The Morgan fingerprint density at radius 2 is 2.26 bits per heavy atom. The zero-order chi connectivity index (χ0) is 16.8. The molecule has 23 heavy (non-hydrogen) atoms. The van der Waals surface area contributed by atoms with Gasteiger partial charge in [-0.3, -0.25) is 9.48 Å². The lowest BCUT2D eigenvalue weighted by Gasteiger charge is -2.27. The van der Waals surface area contributed by atoms with Gasteiger partial charge in [0.2, 0.25) is 0 Å². The van der Waals surface area contributed by atoms with Gasteiger partial charge in [-0.15, -0.1) is 0 Å². The van der Waals surface area contributed by atoms with Crippen molar-refractivity contribution in [3.05, 3.63) is 17.5 Å². The van der Waals surface area contributed by atoms with E-state index in [1.807, 2.05) is 0 Å². The maximum atomic E-state index is 12.8. The molecule has 2 saturated heterocycles. The summed E-state index contributed by atoms with van der Waals surface area (Å²) in [6, 6.07) is 0.782. The summed E-state index contributed by atoms with van der Waals surface area (Å²) in [5.41, 5.74) is -1.72. The predicted molar refractivity (Wildman–Crippen MR) is 72.8 cm³/mol. The molecule has 1 amide bonds. The Morgan fingerprint density at radius 3 is 2.78 bits per heavy atom. The van der Waals surface area contributed by atoms with E-state index in [1.54, 1.807) is 7.11 Å². The van der Waals surface area contributed by atoms with Gasteiger partial charge in [0.05, 0.1) is 13.1 Å². The number of carbonyl (C=O) groups excluding carboxylic acids is 1. The van der Waals surface area contributed by atoms with E-state index < -0.39 is 23.4 Å². The number of rotatable bonds is 2. The van der Waals surface area contributed by atoms with E-state index in [2.05, 4.69) is 5.10 Å². The molecule has 128 valence electrons. The minimum absolute atomic E-state index is 0.218. The second-order valence-electron chi connectivity index (χ2n) is 5.96. The summed E-state index contributed by atoms with van der Waals surface area (Å²) in [6.45, 7) is 1.19. The van der Waals surface area contributed by atoms with Crippen LogP contribution in [0.4, 0.5) is 13.2 Å². The van der Waals surface area contributed by atoms with Gasteiger partial charge in [-0.1, -0.05) is 0 Å². The van der Waals surface area contributed by atoms with Gasteiger partial charge in [-0.25, -0.2) is 0 Å². The maximum Gasteiger partial charge on any atom is 0.433 e. The molecule has 2 aliphatic heterocycles. The minimum Gasteiger partial charge on any atom is -0.377 e. The van der Waals surface area contributed by atoms with Gasteiger partial charge in [0.1, 0.15) is 17.4 Å². The number of nitrogens with zero attached hydrogens (tertiary/aromatic N) is 3. The SMILES string of the molecule is CO[C@H]1CN(C(=O)c2cc(C(F)(F)F)n(C)n2)C[C@@]12CCCO2. The molecule has 6 nitrogen and oxygen atoms in total. The molecule has 0 aliphatic carbocycles. The van der Waals surface area contributed by atoms with Gasteiger partial charge < -0.3 is 14.4 Å². The molecule has 1 spiro atoms. The molecule has 0 saturated carbocycles. The quantitative estimate of drug-likeness (QED) is 0.822. The third-order valence-corrected chi connectivity index (χ3v) is 4.53. The molecule has 0 bridgehead atoms. The molecule has 1 aromatic rings. The van der Waals surface area contributed by atoms with Crippen LogP contribution in [0.15, 0.2) is 6.07 Å². The van der Waals surface area contributed by atoms with Crippen molar-refractivity contribution in [3.63, 3.8) is 0 Å². The summed E-state index contributed by atoms with van der Waals surface area (Å²) in [4.78, 5) is 14.0. The second-order valence-corrected chi connectivity index (χ2v) is 5.96. The fourth-order valence-electron chi connectivity index (χ4n) is 3.40. The van der Waals surface area contributed by atoms with Crippen molar-refractivity contribution in [1.29, 1.82) is 0 Å². The van der Waals surface area contributed by atoms with Crippen LogP contribution >= 0.6 is 0 Å². The van der Waals surface area contributed by atoms with Gasteiger partial charge in [0.15, 0.2) is 5.69 Å². The Hall–Kier alpha value is -1.61. The summed E-state index contributed by atoms with van der Waals surface area (Å²) in [5.74, 6) is -0.537. The smallest absolute Gasteiger partial charge is 0.377 e. The highest BCUT2D eigenvalue weighted by molar-refractivity contribution is 5.92. The zero-order valence-corrected chi connectivity index (χ0v) is 12.9. The first-order chi connectivity index (χ1) is 10.8. The molecule has 2 fully saturated rings. The molecule has 3 rings (SSSR count). The molecule has 0 N–H and O–H groups in total. The third-order valence-electron chi connectivity index (χ3n) is 4.53. The number of aromatic nitrogens is 2. The van der Waals surface area contributed by atoms with Crippen molar-refractivity contribution in [1.82, 2.24) is 14.7 Å². The predicted octanol–water partition coefficient (Wildman–Crippen LogP) is 1.46. The number of aryl methyl sites for hydroxylation is 1. The minimum atomic E-state index is -4.55. The first kappa shape index (κ1) is 16.3. The van der Waals surface area contributed by atoms with Crippen molar-refractivity contribution < 1.29 is 27.4 Å². The van der Waals surface area contributed by atoms with Crippen molar-refractivity contribution in [2.24, 2.45) is 7.05 Å². The first-order valence-electron chi connectivity index (χ1n) is 7.34. The highest BCUT2D eigenvalue weighted by Gasteiger charge is 2.51. The lowest BCUT2D eigenvalue weighted by molar-refractivity contribution is -0.143. The van der Waals surface area contributed by atoms with Crippen molar-refractivity contribution >= 4 is 5.91 Å². The topological polar surface area (TPSA) is 56.6 Å². The summed E-state index contributed by atoms with van der Waals surface area (Å²) in [6.07, 6.45) is -3.18. The molecular formula is C14H18F3N3O3. The molecule has 2 atom stereocenters. The maximum absolute atomic E-state index is 12.8. The average Bonchev–Trinajstić information content (AvgIpc) is 3.17. The Kier molecular flexibility index (Phi) is 3.88. The van der Waals surface area contributed by atoms with E-state index in [4.69, 9.17) is 9.47 Å². The standard InChI is InChI=1S/C14H18F3N3O3/c1-19-10(14(15,16)17)6-9(18-19)12(21)20-7-11(22-2)13(8-20)4-3-5-23-13/h6,11H,3-5,7-8H2,1-2H3/t11-,13-/m0/s1. The summed E-state index contributed by atoms with van der Waals surface area (Å²) < 4.78 is 50.4. The van der Waals surface area contributed by atoms with Gasteiger partial charge in [0, 0.05) is 26.8 Å².